The van der Waals surface area contributed by atoms with Crippen molar-refractivity contribution in [1.29, 1.82) is 0 Å². The predicted octanol–water partition coefficient (Wildman–Crippen LogP) is 4.41. The van der Waals surface area contributed by atoms with Gasteiger partial charge in [-0.05, 0) is 37.6 Å². The molecular weight excluding hydrogens is 350 g/mol. The standard InChI is InChI=1S/C16H14ClN3O3S/c1-7-12-14(20-9-4-5-11(23-3)10(17)6-9)18-8(2)19-15(12)24-13(7)16(21)22/h4-6H,1-3H3,(H,21,22)(H,18,19,20). The minimum absolute atomic E-state index is 0.265. The first-order valence-electron chi connectivity index (χ1n) is 7.02. The zero-order valence-corrected chi connectivity index (χ0v) is 14.7. The van der Waals surface area contributed by atoms with Crippen LogP contribution in [0.5, 0.6) is 5.75 Å². The van der Waals surface area contributed by atoms with Gasteiger partial charge in [0.15, 0.2) is 0 Å². The molecule has 8 heteroatoms. The molecule has 3 rings (SSSR count). The van der Waals surface area contributed by atoms with E-state index in [1.807, 2.05) is 6.07 Å². The van der Waals surface area contributed by atoms with Crippen LogP contribution in [0.1, 0.15) is 21.1 Å². The molecule has 2 N–H and O–H groups in total. The average molecular weight is 364 g/mol. The summed E-state index contributed by atoms with van der Waals surface area (Å²) < 4.78 is 5.14. The molecule has 24 heavy (non-hydrogen) atoms. The lowest BCUT2D eigenvalue weighted by atomic mass is 10.2. The average Bonchev–Trinajstić information content (AvgIpc) is 2.84. The molecule has 0 bridgehead atoms. The van der Waals surface area contributed by atoms with Gasteiger partial charge in [-0.25, -0.2) is 14.8 Å². The van der Waals surface area contributed by atoms with Gasteiger partial charge in [-0.15, -0.1) is 11.3 Å². The second kappa shape index (κ2) is 6.26. The normalized spacial score (nSPS) is 10.8. The fourth-order valence-electron chi connectivity index (χ4n) is 2.42. The summed E-state index contributed by atoms with van der Waals surface area (Å²) in [6.07, 6.45) is 0. The van der Waals surface area contributed by atoms with E-state index in [9.17, 15) is 9.90 Å². The van der Waals surface area contributed by atoms with Crippen LogP contribution < -0.4 is 10.1 Å². The van der Waals surface area contributed by atoms with Crippen molar-refractivity contribution in [1.82, 2.24) is 9.97 Å². The molecule has 0 amide bonds. The Bertz CT molecular complexity index is 955. The molecule has 0 atom stereocenters. The number of nitrogens with one attached hydrogen (secondary N) is 1. The topological polar surface area (TPSA) is 84.3 Å². The number of halogens is 1. The van der Waals surface area contributed by atoms with Crippen LogP contribution in [-0.4, -0.2) is 28.2 Å². The molecule has 1 aromatic carbocycles. The summed E-state index contributed by atoms with van der Waals surface area (Å²) in [4.78, 5) is 21.0. The summed E-state index contributed by atoms with van der Waals surface area (Å²) >= 11 is 7.29. The van der Waals surface area contributed by atoms with Crippen molar-refractivity contribution in [2.24, 2.45) is 0 Å². The number of anilines is 2. The highest BCUT2D eigenvalue weighted by Crippen LogP contribution is 2.36. The Labute approximate surface area is 147 Å². The first-order chi connectivity index (χ1) is 11.4. The number of rotatable bonds is 4. The number of aromatic nitrogens is 2. The van der Waals surface area contributed by atoms with Gasteiger partial charge in [0.25, 0.3) is 0 Å². The Kier molecular flexibility index (Phi) is 4.29. The van der Waals surface area contributed by atoms with Crippen LogP contribution in [-0.2, 0) is 0 Å². The summed E-state index contributed by atoms with van der Waals surface area (Å²) in [5.74, 6) is 0.723. The van der Waals surface area contributed by atoms with Gasteiger partial charge in [0.05, 0.1) is 17.5 Å². The van der Waals surface area contributed by atoms with Crippen LogP contribution in [0, 0.1) is 13.8 Å². The number of aryl methyl sites for hydroxylation is 2. The number of carbonyl (C=O) groups is 1. The molecule has 0 aliphatic heterocycles. The van der Waals surface area contributed by atoms with E-state index >= 15 is 0 Å². The number of carboxylic acids is 1. The van der Waals surface area contributed by atoms with Crippen LogP contribution in [0.25, 0.3) is 10.2 Å². The van der Waals surface area contributed by atoms with E-state index < -0.39 is 5.97 Å². The van der Waals surface area contributed by atoms with Crippen LogP contribution in [0.4, 0.5) is 11.5 Å². The lowest BCUT2D eigenvalue weighted by molar-refractivity contribution is 0.0701. The van der Waals surface area contributed by atoms with Gasteiger partial charge < -0.3 is 15.2 Å². The molecule has 0 fully saturated rings. The number of fused-ring (bicyclic) bond motifs is 1. The lowest BCUT2D eigenvalue weighted by Gasteiger charge is -2.10. The maximum atomic E-state index is 11.4. The molecule has 6 nitrogen and oxygen atoms in total. The Morgan fingerprint density at radius 1 is 1.33 bits per heavy atom. The number of hydrogen-bond donors (Lipinski definition) is 2. The minimum atomic E-state index is -0.966. The van der Waals surface area contributed by atoms with Crippen LogP contribution in [0.2, 0.25) is 5.02 Å². The van der Waals surface area contributed by atoms with Gasteiger partial charge >= 0.3 is 5.97 Å². The highest BCUT2D eigenvalue weighted by atomic mass is 35.5. The van der Waals surface area contributed by atoms with Gasteiger partial charge in [-0.2, -0.15) is 0 Å². The molecule has 2 aromatic heterocycles. The Morgan fingerprint density at radius 3 is 2.71 bits per heavy atom. The quantitative estimate of drug-likeness (QED) is 0.714. The molecular formula is C16H14ClN3O3S. The fraction of sp³-hybridized carbons (Fsp3) is 0.188. The van der Waals surface area contributed by atoms with Gasteiger partial charge in [-0.3, -0.25) is 0 Å². The highest BCUT2D eigenvalue weighted by Gasteiger charge is 2.19. The number of thiophene rings is 1. The number of hydrogen-bond acceptors (Lipinski definition) is 6. The lowest BCUT2D eigenvalue weighted by Crippen LogP contribution is -1.99. The van der Waals surface area contributed by atoms with Crippen molar-refractivity contribution < 1.29 is 14.6 Å². The van der Waals surface area contributed by atoms with Gasteiger partial charge in [0.2, 0.25) is 0 Å². The summed E-state index contributed by atoms with van der Waals surface area (Å²) in [6.45, 7) is 3.52. The third-order valence-electron chi connectivity index (χ3n) is 3.51. The maximum absolute atomic E-state index is 11.4. The number of carboxylic acid groups (broad SMARTS) is 1. The highest BCUT2D eigenvalue weighted by molar-refractivity contribution is 7.20. The van der Waals surface area contributed by atoms with Gasteiger partial charge in [-0.1, -0.05) is 11.6 Å². The van der Waals surface area contributed by atoms with Crippen LogP contribution in [0.15, 0.2) is 18.2 Å². The molecule has 3 aromatic rings. The first kappa shape index (κ1) is 16.5. The second-order valence-corrected chi connectivity index (χ2v) is 6.54. The monoisotopic (exact) mass is 363 g/mol. The fourth-order valence-corrected chi connectivity index (χ4v) is 3.74. The summed E-state index contributed by atoms with van der Waals surface area (Å²) in [5.41, 5.74) is 1.37. The molecule has 0 spiro atoms. The van der Waals surface area contributed by atoms with Gasteiger partial charge in [0.1, 0.15) is 27.1 Å². The molecule has 124 valence electrons. The Hall–Kier alpha value is -2.38. The molecule has 2 heterocycles. The predicted molar refractivity (Wildman–Crippen MR) is 95.1 cm³/mol. The van der Waals surface area contributed by atoms with E-state index in [2.05, 4.69) is 15.3 Å². The molecule has 0 saturated heterocycles. The number of ether oxygens (including phenoxy) is 1. The summed E-state index contributed by atoms with van der Waals surface area (Å²) in [6, 6.07) is 5.29. The van der Waals surface area contributed by atoms with E-state index in [1.54, 1.807) is 33.1 Å². The molecule has 0 aliphatic rings. The van der Waals surface area contributed by atoms with Crippen molar-refractivity contribution in [2.75, 3.05) is 12.4 Å². The number of methoxy groups -OCH3 is 1. The van der Waals surface area contributed by atoms with E-state index in [4.69, 9.17) is 16.3 Å². The van der Waals surface area contributed by atoms with Crippen molar-refractivity contribution in [3.63, 3.8) is 0 Å². The van der Waals surface area contributed by atoms with E-state index in [1.165, 1.54) is 0 Å². The first-order valence-corrected chi connectivity index (χ1v) is 8.21. The molecule has 0 aliphatic carbocycles. The van der Waals surface area contributed by atoms with Crippen molar-refractivity contribution in [3.05, 3.63) is 39.5 Å². The Morgan fingerprint density at radius 2 is 2.08 bits per heavy atom. The zero-order valence-electron chi connectivity index (χ0n) is 13.2. The van der Waals surface area contributed by atoms with Crippen molar-refractivity contribution in [2.45, 2.75) is 13.8 Å². The summed E-state index contributed by atoms with van der Waals surface area (Å²) in [5, 5.41) is 13.7. The molecule has 0 radical (unpaired) electrons. The maximum Gasteiger partial charge on any atom is 0.346 e. The number of benzene rings is 1. The molecule has 0 saturated carbocycles. The third-order valence-corrected chi connectivity index (χ3v) is 4.98. The van der Waals surface area contributed by atoms with Gasteiger partial charge in [0, 0.05) is 5.69 Å². The smallest absolute Gasteiger partial charge is 0.346 e. The van der Waals surface area contributed by atoms with E-state index in [0.29, 0.717) is 38.2 Å². The van der Waals surface area contributed by atoms with Crippen LogP contribution >= 0.6 is 22.9 Å². The SMILES string of the molecule is COc1ccc(Nc2nc(C)nc3sc(C(=O)O)c(C)c23)cc1Cl. The summed E-state index contributed by atoms with van der Waals surface area (Å²) in [7, 11) is 1.55. The number of nitrogens with zero attached hydrogens (tertiary/aromatic N) is 2. The second-order valence-electron chi connectivity index (χ2n) is 5.14. The van der Waals surface area contributed by atoms with Crippen LogP contribution in [0.3, 0.4) is 0 Å². The van der Waals surface area contributed by atoms with E-state index in [-0.39, 0.29) is 4.88 Å². The zero-order chi connectivity index (χ0) is 17.4. The largest absolute Gasteiger partial charge is 0.495 e. The van der Waals surface area contributed by atoms with Crippen molar-refractivity contribution in [3.8, 4) is 5.75 Å². The third kappa shape index (κ3) is 2.88. The number of aromatic carboxylic acids is 1. The minimum Gasteiger partial charge on any atom is -0.495 e. The van der Waals surface area contributed by atoms with E-state index in [0.717, 1.165) is 17.0 Å². The Balaban J connectivity index is 2.12. The van der Waals surface area contributed by atoms with Crippen molar-refractivity contribution >= 4 is 50.6 Å². The molecule has 0 unspecified atom stereocenters.